The lowest BCUT2D eigenvalue weighted by molar-refractivity contribution is 1.07. The van der Waals surface area contributed by atoms with Crippen molar-refractivity contribution < 1.29 is 0 Å². The van der Waals surface area contributed by atoms with Crippen molar-refractivity contribution in [1.29, 1.82) is 5.26 Å². The summed E-state index contributed by atoms with van der Waals surface area (Å²) in [4.78, 5) is 19.1. The first kappa shape index (κ1) is 38.3. The Bertz CT molecular complexity index is 3780. The summed E-state index contributed by atoms with van der Waals surface area (Å²) >= 11 is 0. The van der Waals surface area contributed by atoms with E-state index in [1.165, 1.54) is 10.8 Å². The first-order valence-electron chi connectivity index (χ1n) is 21.7. The van der Waals surface area contributed by atoms with E-state index in [2.05, 4.69) is 123 Å². The number of hydrogen-bond acceptors (Lipinski definition) is 4. The largest absolute Gasteiger partial charge is 0.309 e. The Morgan fingerprint density at radius 3 is 1.38 bits per heavy atom. The van der Waals surface area contributed by atoms with Crippen LogP contribution in [0.2, 0.25) is 0 Å². The molecule has 0 atom stereocenters. The molecule has 7 nitrogen and oxygen atoms in total. The van der Waals surface area contributed by atoms with Crippen LogP contribution in [0.1, 0.15) is 5.56 Å². The summed E-state index contributed by atoms with van der Waals surface area (Å²) in [7, 11) is 0. The monoisotopic (exact) mass is 841 g/mol. The van der Waals surface area contributed by atoms with E-state index in [0.717, 1.165) is 83.2 Å². The number of nitriles is 1. The lowest BCUT2D eigenvalue weighted by atomic mass is 9.92. The summed E-state index contributed by atoms with van der Waals surface area (Å²) in [6.07, 6.45) is 0. The van der Waals surface area contributed by atoms with Gasteiger partial charge < -0.3 is 9.13 Å². The molecule has 0 aliphatic rings. The maximum atomic E-state index is 9.95. The minimum Gasteiger partial charge on any atom is -0.309 e. The maximum Gasteiger partial charge on any atom is 0.187 e. The fourth-order valence-corrected chi connectivity index (χ4v) is 9.35. The van der Waals surface area contributed by atoms with Gasteiger partial charge in [-0.25, -0.2) is 19.8 Å². The zero-order valence-corrected chi connectivity index (χ0v) is 35.3. The molecule has 0 bridgehead atoms. The standard InChI is InChI=1S/C59H35N7/c1-61-44-31-29-40(30-32-44)49-34-43(59-63-57(41-15-5-2-6-16-41)62-58(64-59)42-17-7-3-8-18-42)33-48(39-27-25-38(37-60)26-28-39)56(49)66-53-24-14-12-22-47(53)51-35-50-46-21-11-13-23-52(46)65(54(50)36-55(51)66)45-19-9-4-10-20-45/h2-36H. The van der Waals surface area contributed by atoms with E-state index in [1.54, 1.807) is 0 Å². The summed E-state index contributed by atoms with van der Waals surface area (Å²) in [6, 6.07) is 74.7. The molecule has 0 aliphatic carbocycles. The third-order valence-electron chi connectivity index (χ3n) is 12.4. The summed E-state index contributed by atoms with van der Waals surface area (Å²) in [5, 5.41) is 14.5. The van der Waals surface area contributed by atoms with Crippen LogP contribution in [0, 0.1) is 17.9 Å². The van der Waals surface area contributed by atoms with Crippen molar-refractivity contribution >= 4 is 49.3 Å². The highest BCUT2D eigenvalue weighted by Gasteiger charge is 2.25. The molecule has 3 heterocycles. The van der Waals surface area contributed by atoms with Crippen LogP contribution in [0.4, 0.5) is 5.69 Å². The Morgan fingerprint density at radius 2 is 0.848 bits per heavy atom. The molecule has 306 valence electrons. The SMILES string of the molecule is [C-]#[N+]c1ccc(-c2cc(-c3nc(-c4ccccc4)nc(-c4ccccc4)n3)cc(-c3ccc(C#N)cc3)c2-n2c3ccccc3c3cc4c5ccccc5n(-c5ccccc5)c4cc32)cc1. The molecule has 3 aromatic heterocycles. The van der Waals surface area contributed by atoms with Gasteiger partial charge in [-0.15, -0.1) is 0 Å². The molecule has 0 saturated heterocycles. The van der Waals surface area contributed by atoms with Crippen LogP contribution in [0.15, 0.2) is 212 Å². The lowest BCUT2D eigenvalue weighted by Crippen LogP contribution is -2.04. The summed E-state index contributed by atoms with van der Waals surface area (Å²) in [6.45, 7) is 7.82. The molecule has 66 heavy (non-hydrogen) atoms. The Balaban J connectivity index is 1.23. The molecule has 7 heteroatoms. The fourth-order valence-electron chi connectivity index (χ4n) is 9.35. The van der Waals surface area contributed by atoms with Gasteiger partial charge in [0, 0.05) is 55.0 Å². The highest BCUT2D eigenvalue weighted by molar-refractivity contribution is 6.19. The van der Waals surface area contributed by atoms with Gasteiger partial charge in [0.15, 0.2) is 23.2 Å². The van der Waals surface area contributed by atoms with Gasteiger partial charge in [-0.3, -0.25) is 0 Å². The molecular formula is C59H35N7. The molecule has 0 spiro atoms. The zero-order valence-electron chi connectivity index (χ0n) is 35.3. The van der Waals surface area contributed by atoms with E-state index >= 15 is 0 Å². The Kier molecular flexibility index (Phi) is 9.12. The van der Waals surface area contributed by atoms with Crippen LogP contribution in [0.25, 0.3) is 116 Å². The minimum atomic E-state index is 0.513. The first-order valence-corrected chi connectivity index (χ1v) is 21.7. The molecule has 0 N–H and O–H groups in total. The van der Waals surface area contributed by atoms with Crippen molar-refractivity contribution in [1.82, 2.24) is 24.1 Å². The van der Waals surface area contributed by atoms with Gasteiger partial charge in [0.2, 0.25) is 0 Å². The van der Waals surface area contributed by atoms with Crippen molar-refractivity contribution in [3.8, 4) is 73.9 Å². The van der Waals surface area contributed by atoms with Gasteiger partial charge in [-0.2, -0.15) is 5.26 Å². The van der Waals surface area contributed by atoms with Crippen molar-refractivity contribution in [2.75, 3.05) is 0 Å². The number of nitrogens with zero attached hydrogens (tertiary/aromatic N) is 7. The molecule has 0 aliphatic heterocycles. The van der Waals surface area contributed by atoms with Gasteiger partial charge in [0.25, 0.3) is 0 Å². The molecule has 0 saturated carbocycles. The Hall–Kier alpha value is -9.43. The normalized spacial score (nSPS) is 11.3. The second-order valence-corrected chi connectivity index (χ2v) is 16.2. The number of benzene rings is 9. The van der Waals surface area contributed by atoms with Crippen molar-refractivity contribution in [2.45, 2.75) is 0 Å². The third kappa shape index (κ3) is 6.39. The van der Waals surface area contributed by atoms with Gasteiger partial charge in [0.1, 0.15) is 0 Å². The maximum absolute atomic E-state index is 9.95. The average Bonchev–Trinajstić information content (AvgIpc) is 3.90. The molecule has 12 rings (SSSR count). The molecule has 9 aromatic carbocycles. The van der Waals surface area contributed by atoms with Gasteiger partial charge in [-0.1, -0.05) is 152 Å². The minimum absolute atomic E-state index is 0.513. The molecule has 0 fully saturated rings. The van der Waals surface area contributed by atoms with Gasteiger partial charge in [-0.05, 0) is 71.8 Å². The highest BCUT2D eigenvalue weighted by atomic mass is 15.0. The predicted molar refractivity (Wildman–Crippen MR) is 267 cm³/mol. The zero-order chi connectivity index (χ0) is 44.1. The van der Waals surface area contributed by atoms with Crippen LogP contribution in [0.3, 0.4) is 0 Å². The number of hydrogen-bond donors (Lipinski definition) is 0. The molecule has 0 radical (unpaired) electrons. The van der Waals surface area contributed by atoms with E-state index in [-0.39, 0.29) is 0 Å². The van der Waals surface area contributed by atoms with Crippen LogP contribution < -0.4 is 0 Å². The molecule has 0 amide bonds. The van der Waals surface area contributed by atoms with Crippen LogP contribution in [-0.2, 0) is 0 Å². The van der Waals surface area contributed by atoms with Gasteiger partial charge >= 0.3 is 0 Å². The van der Waals surface area contributed by atoms with E-state index in [9.17, 15) is 5.26 Å². The number of para-hydroxylation sites is 3. The number of aromatic nitrogens is 5. The molecule has 0 unspecified atom stereocenters. The third-order valence-corrected chi connectivity index (χ3v) is 12.4. The fraction of sp³-hybridized carbons (Fsp3) is 0. The topological polar surface area (TPSA) is 76.7 Å². The summed E-state index contributed by atoms with van der Waals surface area (Å²) in [5.41, 5.74) is 13.6. The van der Waals surface area contributed by atoms with E-state index in [1.807, 2.05) is 109 Å². The first-order chi connectivity index (χ1) is 32.6. The molecule has 12 aromatic rings. The quantitative estimate of drug-likeness (QED) is 0.150. The summed E-state index contributed by atoms with van der Waals surface area (Å²) < 4.78 is 4.75. The average molecular weight is 842 g/mol. The van der Waals surface area contributed by atoms with Crippen LogP contribution >= 0.6 is 0 Å². The molecular weight excluding hydrogens is 807 g/mol. The highest BCUT2D eigenvalue weighted by Crippen LogP contribution is 2.46. The van der Waals surface area contributed by atoms with Crippen molar-refractivity contribution in [3.63, 3.8) is 0 Å². The van der Waals surface area contributed by atoms with E-state index < -0.39 is 0 Å². The predicted octanol–water partition coefficient (Wildman–Crippen LogP) is 14.8. The Labute approximate surface area is 380 Å². The van der Waals surface area contributed by atoms with E-state index in [4.69, 9.17) is 21.5 Å². The van der Waals surface area contributed by atoms with Crippen LogP contribution in [0.5, 0.6) is 0 Å². The van der Waals surface area contributed by atoms with Crippen molar-refractivity contribution in [3.05, 3.63) is 229 Å². The smallest absolute Gasteiger partial charge is 0.187 e. The summed E-state index contributed by atoms with van der Waals surface area (Å²) in [5.74, 6) is 1.64. The number of rotatable bonds is 7. The van der Waals surface area contributed by atoms with Gasteiger partial charge in [0.05, 0.1) is 46.0 Å². The lowest BCUT2D eigenvalue weighted by Gasteiger charge is -2.21. The van der Waals surface area contributed by atoms with Crippen molar-refractivity contribution in [2.24, 2.45) is 0 Å². The number of fused-ring (bicyclic) bond motifs is 6. The van der Waals surface area contributed by atoms with Crippen LogP contribution in [-0.4, -0.2) is 24.1 Å². The second kappa shape index (κ2) is 15.7. The van der Waals surface area contributed by atoms with E-state index in [0.29, 0.717) is 28.7 Å². The second-order valence-electron chi connectivity index (χ2n) is 16.2. The Morgan fingerprint density at radius 1 is 0.394 bits per heavy atom.